The van der Waals surface area contributed by atoms with Crippen LogP contribution in [0.3, 0.4) is 0 Å². The van der Waals surface area contributed by atoms with E-state index in [4.69, 9.17) is 0 Å². The molecule has 0 aliphatic heterocycles. The zero-order valence-corrected chi connectivity index (χ0v) is 7.59. The lowest BCUT2D eigenvalue weighted by molar-refractivity contribution is 0.545. The Labute approximate surface area is 60.9 Å². The Kier molecular flexibility index (Phi) is 3.20. The quantitative estimate of drug-likeness (QED) is 0.496. The van der Waals surface area contributed by atoms with Crippen LogP contribution in [0.5, 0.6) is 0 Å². The Bertz CT molecular complexity index is 126. The van der Waals surface area contributed by atoms with Gasteiger partial charge in [-0.15, -0.1) is 0 Å². The lowest BCUT2D eigenvalue weighted by atomic mass is 9.98. The average Bonchev–Trinajstić information content (AvgIpc) is 1.59. The standard InChI is InChI=1S/C8H16S/c1-8(2,3)6-7-9(4)5/h6-7H,4H2,1-3,5H3/b7-6+. The van der Waals surface area contributed by atoms with Crippen molar-refractivity contribution >= 4 is 16.4 Å². The summed E-state index contributed by atoms with van der Waals surface area (Å²) >= 11 is 0. The van der Waals surface area contributed by atoms with Crippen LogP contribution in [0, 0.1) is 5.41 Å². The van der Waals surface area contributed by atoms with Crippen LogP contribution in [-0.2, 0) is 0 Å². The maximum Gasteiger partial charge on any atom is -0.0195 e. The highest BCUT2D eigenvalue weighted by Gasteiger charge is 2.02. The van der Waals surface area contributed by atoms with E-state index in [2.05, 4.69) is 44.4 Å². The molecule has 0 aliphatic carbocycles. The Morgan fingerprint density at radius 3 is 1.89 bits per heavy atom. The fraction of sp³-hybridized carbons (Fsp3) is 0.625. The van der Waals surface area contributed by atoms with Crippen LogP contribution in [0.1, 0.15) is 20.8 Å². The summed E-state index contributed by atoms with van der Waals surface area (Å²) < 4.78 is 0. The van der Waals surface area contributed by atoms with Gasteiger partial charge in [-0.25, -0.2) is 0 Å². The molecule has 0 nitrogen and oxygen atoms in total. The molecule has 0 aromatic carbocycles. The second-order valence-electron chi connectivity index (χ2n) is 3.36. The molecule has 0 aliphatic rings. The van der Waals surface area contributed by atoms with Gasteiger partial charge in [0, 0.05) is 0 Å². The van der Waals surface area contributed by atoms with Crippen LogP contribution in [0.25, 0.3) is 0 Å². The van der Waals surface area contributed by atoms with Gasteiger partial charge in [0.2, 0.25) is 0 Å². The smallest absolute Gasteiger partial charge is 0.0195 e. The molecule has 1 unspecified atom stereocenters. The largest absolute Gasteiger partial charge is 0.173 e. The van der Waals surface area contributed by atoms with E-state index in [1.165, 1.54) is 0 Å². The van der Waals surface area contributed by atoms with Gasteiger partial charge in [0.25, 0.3) is 0 Å². The first-order valence-electron chi connectivity index (χ1n) is 3.05. The fourth-order valence-corrected chi connectivity index (χ4v) is 0.961. The minimum Gasteiger partial charge on any atom is -0.173 e. The molecule has 0 aromatic rings. The van der Waals surface area contributed by atoms with Gasteiger partial charge < -0.3 is 0 Å². The topological polar surface area (TPSA) is 0 Å². The lowest BCUT2D eigenvalue weighted by Gasteiger charge is -2.10. The van der Waals surface area contributed by atoms with E-state index in [0.717, 1.165) is 0 Å². The normalized spacial score (nSPS) is 16.4. The highest BCUT2D eigenvalue weighted by atomic mass is 32.2. The molecule has 1 heteroatoms. The molecule has 0 heterocycles. The molecule has 54 valence electrons. The third-order valence-corrected chi connectivity index (χ3v) is 1.40. The summed E-state index contributed by atoms with van der Waals surface area (Å²) in [6.45, 7) is 6.57. The highest BCUT2D eigenvalue weighted by molar-refractivity contribution is 8.16. The van der Waals surface area contributed by atoms with Crippen molar-refractivity contribution in [2.75, 3.05) is 6.26 Å². The van der Waals surface area contributed by atoms with Gasteiger partial charge >= 0.3 is 0 Å². The van der Waals surface area contributed by atoms with Crippen molar-refractivity contribution in [3.05, 3.63) is 11.5 Å². The summed E-state index contributed by atoms with van der Waals surface area (Å²) in [7, 11) is 0.207. The van der Waals surface area contributed by atoms with Gasteiger partial charge in [-0.2, -0.15) is 10.5 Å². The Morgan fingerprint density at radius 1 is 1.33 bits per heavy atom. The fourth-order valence-electron chi connectivity index (χ4n) is 0.320. The summed E-state index contributed by atoms with van der Waals surface area (Å²) in [5, 5.41) is 2.17. The molecule has 0 amide bonds. The number of hydrogen-bond donors (Lipinski definition) is 0. The van der Waals surface area contributed by atoms with E-state index in [9.17, 15) is 0 Å². The van der Waals surface area contributed by atoms with Crippen LogP contribution in [-0.4, -0.2) is 12.1 Å². The van der Waals surface area contributed by atoms with Crippen molar-refractivity contribution in [1.82, 2.24) is 0 Å². The first-order valence-corrected chi connectivity index (χ1v) is 4.92. The predicted octanol–water partition coefficient (Wildman–Crippen LogP) is 2.88. The maximum absolute atomic E-state index is 3.88. The monoisotopic (exact) mass is 144 g/mol. The molecule has 0 rings (SSSR count). The molecule has 1 atom stereocenters. The van der Waals surface area contributed by atoms with Gasteiger partial charge in [0.15, 0.2) is 0 Å². The van der Waals surface area contributed by atoms with Crippen LogP contribution in [0.2, 0.25) is 0 Å². The Hall–Kier alpha value is -0.0400. The molecular weight excluding hydrogens is 128 g/mol. The van der Waals surface area contributed by atoms with Gasteiger partial charge in [0.1, 0.15) is 0 Å². The highest BCUT2D eigenvalue weighted by Crippen LogP contribution is 2.17. The second-order valence-corrected chi connectivity index (χ2v) is 5.01. The van der Waals surface area contributed by atoms with E-state index in [1.807, 2.05) is 0 Å². The van der Waals surface area contributed by atoms with Crippen molar-refractivity contribution in [1.29, 1.82) is 0 Å². The molecule has 0 radical (unpaired) electrons. The molecule has 0 fully saturated rings. The molecule has 0 saturated carbocycles. The van der Waals surface area contributed by atoms with E-state index >= 15 is 0 Å². The van der Waals surface area contributed by atoms with E-state index in [0.29, 0.717) is 5.41 Å². The van der Waals surface area contributed by atoms with Crippen molar-refractivity contribution in [2.45, 2.75) is 20.8 Å². The maximum atomic E-state index is 3.88. The lowest BCUT2D eigenvalue weighted by Crippen LogP contribution is -1.97. The summed E-state index contributed by atoms with van der Waals surface area (Å²) in [6.07, 6.45) is 4.32. The third-order valence-electron chi connectivity index (χ3n) is 0.800. The number of allylic oxidation sites excluding steroid dienone is 1. The van der Waals surface area contributed by atoms with Crippen LogP contribution in [0.4, 0.5) is 0 Å². The summed E-state index contributed by atoms with van der Waals surface area (Å²) in [5.41, 5.74) is 0.318. The van der Waals surface area contributed by atoms with Crippen molar-refractivity contribution in [2.24, 2.45) is 5.41 Å². The van der Waals surface area contributed by atoms with Gasteiger partial charge in [0.05, 0.1) is 0 Å². The van der Waals surface area contributed by atoms with Crippen molar-refractivity contribution in [3.63, 3.8) is 0 Å². The van der Waals surface area contributed by atoms with Gasteiger partial charge in [-0.1, -0.05) is 32.7 Å². The second kappa shape index (κ2) is 3.21. The van der Waals surface area contributed by atoms with Crippen LogP contribution in [0.15, 0.2) is 11.5 Å². The predicted molar refractivity (Wildman–Crippen MR) is 49.2 cm³/mol. The molecule has 9 heavy (non-hydrogen) atoms. The minimum atomic E-state index is 0.207. The number of rotatable bonds is 1. The third kappa shape index (κ3) is 7.96. The first kappa shape index (κ1) is 8.96. The van der Waals surface area contributed by atoms with Gasteiger partial charge in [-0.3, -0.25) is 0 Å². The van der Waals surface area contributed by atoms with E-state index in [1.54, 1.807) is 0 Å². The molecule has 0 N–H and O–H groups in total. The number of hydrogen-bond acceptors (Lipinski definition) is 0. The van der Waals surface area contributed by atoms with Crippen molar-refractivity contribution < 1.29 is 0 Å². The zero-order chi connectivity index (χ0) is 7.49. The van der Waals surface area contributed by atoms with Crippen LogP contribution >= 0.6 is 10.5 Å². The molecule has 0 bridgehead atoms. The Morgan fingerprint density at radius 2 is 1.78 bits per heavy atom. The summed E-state index contributed by atoms with van der Waals surface area (Å²) in [5.74, 6) is 3.88. The molecule has 0 aromatic heterocycles. The Balaban J connectivity index is 3.86. The van der Waals surface area contributed by atoms with Gasteiger partial charge in [-0.05, 0) is 17.1 Å². The SMILES string of the molecule is C=S(C)/C=C/C(C)(C)C. The zero-order valence-electron chi connectivity index (χ0n) is 6.77. The summed E-state index contributed by atoms with van der Waals surface area (Å²) in [4.78, 5) is 0. The molecule has 0 spiro atoms. The molecular formula is C8H16S. The van der Waals surface area contributed by atoms with E-state index in [-0.39, 0.29) is 10.5 Å². The molecule has 0 saturated heterocycles. The first-order chi connectivity index (χ1) is 3.92. The average molecular weight is 144 g/mol. The van der Waals surface area contributed by atoms with Crippen molar-refractivity contribution in [3.8, 4) is 0 Å². The van der Waals surface area contributed by atoms with Crippen LogP contribution < -0.4 is 0 Å². The summed E-state index contributed by atoms with van der Waals surface area (Å²) in [6, 6.07) is 0. The van der Waals surface area contributed by atoms with E-state index < -0.39 is 0 Å². The minimum absolute atomic E-state index is 0.207.